The zero-order valence-corrected chi connectivity index (χ0v) is 11.1. The first kappa shape index (κ1) is 13.0. The van der Waals surface area contributed by atoms with Crippen molar-refractivity contribution >= 4 is 28.9 Å². The molecule has 0 aliphatic rings. The molecule has 0 aliphatic heterocycles. The molecule has 0 saturated carbocycles. The standard InChI is InChI=1S/C17H12N2O2/c20-17(21)12-7-8-19-15(9-12)6-5-14-11-18-10-13-3-1-2-4-16(13)14/h1-11H,(H,20,21)/b6-5+. The van der Waals surface area contributed by atoms with Crippen molar-refractivity contribution in [3.63, 3.8) is 0 Å². The lowest BCUT2D eigenvalue weighted by Crippen LogP contribution is -1.96. The van der Waals surface area contributed by atoms with Gasteiger partial charge in [0, 0.05) is 29.5 Å². The number of carbonyl (C=O) groups is 1. The predicted molar refractivity (Wildman–Crippen MR) is 81.9 cm³/mol. The molecule has 0 aliphatic carbocycles. The summed E-state index contributed by atoms with van der Waals surface area (Å²) in [6.45, 7) is 0. The Morgan fingerprint density at radius 3 is 2.81 bits per heavy atom. The highest BCUT2D eigenvalue weighted by Gasteiger charge is 2.02. The molecule has 4 heteroatoms. The van der Waals surface area contributed by atoms with E-state index in [1.165, 1.54) is 18.3 Å². The van der Waals surface area contributed by atoms with Crippen LogP contribution in [0.2, 0.25) is 0 Å². The summed E-state index contributed by atoms with van der Waals surface area (Å²) >= 11 is 0. The van der Waals surface area contributed by atoms with E-state index in [4.69, 9.17) is 5.11 Å². The van der Waals surface area contributed by atoms with Crippen molar-refractivity contribution in [1.82, 2.24) is 9.97 Å². The number of aromatic nitrogens is 2. The molecule has 1 N–H and O–H groups in total. The van der Waals surface area contributed by atoms with Gasteiger partial charge in [-0.3, -0.25) is 9.97 Å². The topological polar surface area (TPSA) is 63.1 Å². The highest BCUT2D eigenvalue weighted by Crippen LogP contribution is 2.19. The maximum Gasteiger partial charge on any atom is 0.335 e. The van der Waals surface area contributed by atoms with E-state index in [1.54, 1.807) is 12.3 Å². The van der Waals surface area contributed by atoms with E-state index in [-0.39, 0.29) is 5.56 Å². The van der Waals surface area contributed by atoms with Gasteiger partial charge in [-0.05, 0) is 23.6 Å². The minimum Gasteiger partial charge on any atom is -0.478 e. The largest absolute Gasteiger partial charge is 0.478 e. The van der Waals surface area contributed by atoms with Crippen molar-refractivity contribution in [2.45, 2.75) is 0 Å². The number of nitrogens with zero attached hydrogens (tertiary/aromatic N) is 2. The van der Waals surface area contributed by atoms with E-state index in [0.29, 0.717) is 5.69 Å². The summed E-state index contributed by atoms with van der Waals surface area (Å²) in [6, 6.07) is 11.0. The second-order valence-corrected chi connectivity index (χ2v) is 4.56. The molecule has 0 saturated heterocycles. The van der Waals surface area contributed by atoms with Crippen LogP contribution in [0.5, 0.6) is 0 Å². The molecule has 4 nitrogen and oxygen atoms in total. The van der Waals surface area contributed by atoms with Crippen LogP contribution >= 0.6 is 0 Å². The molecule has 1 aromatic carbocycles. The van der Waals surface area contributed by atoms with E-state index in [9.17, 15) is 4.79 Å². The van der Waals surface area contributed by atoms with E-state index in [0.717, 1.165) is 16.3 Å². The predicted octanol–water partition coefficient (Wildman–Crippen LogP) is 3.50. The van der Waals surface area contributed by atoms with E-state index >= 15 is 0 Å². The number of hydrogen-bond donors (Lipinski definition) is 1. The Bertz CT molecular complexity index is 836. The molecule has 0 unspecified atom stereocenters. The van der Waals surface area contributed by atoms with Gasteiger partial charge >= 0.3 is 5.97 Å². The van der Waals surface area contributed by atoms with Crippen molar-refractivity contribution < 1.29 is 9.90 Å². The van der Waals surface area contributed by atoms with Crippen LogP contribution in [-0.2, 0) is 0 Å². The van der Waals surface area contributed by atoms with Crippen molar-refractivity contribution in [3.8, 4) is 0 Å². The van der Waals surface area contributed by atoms with Crippen molar-refractivity contribution in [2.75, 3.05) is 0 Å². The molecular formula is C17H12N2O2. The lowest BCUT2D eigenvalue weighted by atomic mass is 10.1. The quantitative estimate of drug-likeness (QED) is 0.795. The third kappa shape index (κ3) is 2.79. The van der Waals surface area contributed by atoms with Gasteiger partial charge in [-0.1, -0.05) is 30.3 Å². The summed E-state index contributed by atoms with van der Waals surface area (Å²) in [5.74, 6) is -0.959. The number of carboxylic acids is 1. The van der Waals surface area contributed by atoms with Gasteiger partial charge in [0.1, 0.15) is 0 Å². The minimum atomic E-state index is -0.959. The summed E-state index contributed by atoms with van der Waals surface area (Å²) in [5, 5.41) is 11.1. The van der Waals surface area contributed by atoms with Crippen molar-refractivity contribution in [3.05, 3.63) is 71.8 Å². The number of aromatic carboxylic acids is 1. The molecule has 3 aromatic rings. The summed E-state index contributed by atoms with van der Waals surface area (Å²) in [4.78, 5) is 19.3. The summed E-state index contributed by atoms with van der Waals surface area (Å²) in [6.07, 6.45) is 8.76. The molecular weight excluding hydrogens is 264 g/mol. The van der Waals surface area contributed by atoms with Crippen LogP contribution in [0.3, 0.4) is 0 Å². The van der Waals surface area contributed by atoms with Gasteiger partial charge in [0.05, 0.1) is 11.3 Å². The van der Waals surface area contributed by atoms with Gasteiger partial charge in [-0.25, -0.2) is 4.79 Å². The number of hydrogen-bond acceptors (Lipinski definition) is 3. The fourth-order valence-electron chi connectivity index (χ4n) is 2.12. The van der Waals surface area contributed by atoms with Gasteiger partial charge in [0.15, 0.2) is 0 Å². The Balaban J connectivity index is 1.98. The highest BCUT2D eigenvalue weighted by molar-refractivity contribution is 5.92. The Kier molecular flexibility index (Phi) is 3.43. The third-order valence-electron chi connectivity index (χ3n) is 3.16. The third-order valence-corrected chi connectivity index (χ3v) is 3.16. The normalized spacial score (nSPS) is 11.0. The molecule has 0 bridgehead atoms. The Hall–Kier alpha value is -3.01. The molecule has 102 valence electrons. The second kappa shape index (κ2) is 5.54. The summed E-state index contributed by atoms with van der Waals surface area (Å²) in [5.41, 5.74) is 1.79. The fourth-order valence-corrected chi connectivity index (χ4v) is 2.12. The summed E-state index contributed by atoms with van der Waals surface area (Å²) < 4.78 is 0. The van der Waals surface area contributed by atoms with Gasteiger partial charge in [0.2, 0.25) is 0 Å². The lowest BCUT2D eigenvalue weighted by Gasteiger charge is -2.01. The van der Waals surface area contributed by atoms with E-state index < -0.39 is 5.97 Å². The first-order valence-electron chi connectivity index (χ1n) is 6.44. The number of fused-ring (bicyclic) bond motifs is 1. The van der Waals surface area contributed by atoms with Crippen LogP contribution in [0.25, 0.3) is 22.9 Å². The molecule has 0 radical (unpaired) electrons. The average molecular weight is 276 g/mol. The number of carboxylic acid groups (broad SMARTS) is 1. The van der Waals surface area contributed by atoms with E-state index in [1.807, 2.05) is 36.5 Å². The molecule has 3 rings (SSSR count). The molecule has 0 spiro atoms. The van der Waals surface area contributed by atoms with Gasteiger partial charge in [-0.2, -0.15) is 0 Å². The molecule has 0 atom stereocenters. The molecule has 21 heavy (non-hydrogen) atoms. The maximum absolute atomic E-state index is 10.9. The van der Waals surface area contributed by atoms with Crippen molar-refractivity contribution in [1.29, 1.82) is 0 Å². The number of benzene rings is 1. The fraction of sp³-hybridized carbons (Fsp3) is 0. The van der Waals surface area contributed by atoms with Crippen LogP contribution in [0.1, 0.15) is 21.6 Å². The van der Waals surface area contributed by atoms with Gasteiger partial charge < -0.3 is 5.11 Å². The number of rotatable bonds is 3. The first-order chi connectivity index (χ1) is 10.2. The van der Waals surface area contributed by atoms with Crippen LogP contribution in [0, 0.1) is 0 Å². The van der Waals surface area contributed by atoms with Gasteiger partial charge in [0.25, 0.3) is 0 Å². The summed E-state index contributed by atoms with van der Waals surface area (Å²) in [7, 11) is 0. The molecule has 2 heterocycles. The second-order valence-electron chi connectivity index (χ2n) is 4.56. The van der Waals surface area contributed by atoms with Crippen LogP contribution in [-0.4, -0.2) is 21.0 Å². The first-order valence-corrected chi connectivity index (χ1v) is 6.44. The van der Waals surface area contributed by atoms with Crippen LogP contribution < -0.4 is 0 Å². The Morgan fingerprint density at radius 1 is 1.10 bits per heavy atom. The smallest absolute Gasteiger partial charge is 0.335 e. The average Bonchev–Trinajstić information content (AvgIpc) is 2.53. The van der Waals surface area contributed by atoms with Crippen LogP contribution in [0.4, 0.5) is 0 Å². The maximum atomic E-state index is 10.9. The number of pyridine rings is 2. The molecule has 0 fully saturated rings. The highest BCUT2D eigenvalue weighted by atomic mass is 16.4. The Labute approximate surface area is 121 Å². The molecule has 2 aromatic heterocycles. The van der Waals surface area contributed by atoms with E-state index in [2.05, 4.69) is 9.97 Å². The zero-order valence-electron chi connectivity index (χ0n) is 11.1. The van der Waals surface area contributed by atoms with Crippen LogP contribution in [0.15, 0.2) is 55.0 Å². The van der Waals surface area contributed by atoms with Gasteiger partial charge in [-0.15, -0.1) is 0 Å². The Morgan fingerprint density at radius 2 is 1.95 bits per heavy atom. The van der Waals surface area contributed by atoms with Crippen molar-refractivity contribution in [2.24, 2.45) is 0 Å². The monoisotopic (exact) mass is 276 g/mol. The molecule has 0 amide bonds. The lowest BCUT2D eigenvalue weighted by molar-refractivity contribution is 0.0696. The zero-order chi connectivity index (χ0) is 14.7. The SMILES string of the molecule is O=C(O)c1ccnc(/C=C/c2cncc3ccccc23)c1. The minimum absolute atomic E-state index is 0.223.